The van der Waals surface area contributed by atoms with Crippen LogP contribution in [0.1, 0.15) is 5.56 Å². The van der Waals surface area contributed by atoms with Gasteiger partial charge in [-0.25, -0.2) is 8.42 Å². The fourth-order valence-electron chi connectivity index (χ4n) is 0.872. The Labute approximate surface area is 94.4 Å². The Bertz CT molecular complexity index is 442. The molecule has 1 rings (SSSR count). The number of hydrogen-bond donors (Lipinski definition) is 0. The van der Waals surface area contributed by atoms with Crippen molar-refractivity contribution < 1.29 is 8.42 Å². The topological polar surface area (TPSA) is 34.1 Å². The highest BCUT2D eigenvalue weighted by atomic mass is 79.9. The minimum atomic E-state index is -3.77. The molecule has 0 N–H and O–H groups in total. The second kappa shape index (κ2) is 3.77. The van der Waals surface area contributed by atoms with Gasteiger partial charge >= 0.3 is 0 Å². The van der Waals surface area contributed by atoms with Crippen LogP contribution in [0.2, 0.25) is 5.02 Å². The van der Waals surface area contributed by atoms with Crippen molar-refractivity contribution in [1.82, 2.24) is 0 Å². The van der Waals surface area contributed by atoms with Crippen LogP contribution in [0.15, 0.2) is 21.5 Å². The van der Waals surface area contributed by atoms with Crippen molar-refractivity contribution in [3.63, 3.8) is 0 Å². The molecule has 0 aliphatic heterocycles. The molecule has 0 atom stereocenters. The first-order valence-corrected chi connectivity index (χ1v) is 6.70. The van der Waals surface area contributed by atoms with Crippen LogP contribution in [0.4, 0.5) is 0 Å². The molecule has 0 amide bonds. The van der Waals surface area contributed by atoms with Crippen LogP contribution < -0.4 is 0 Å². The highest BCUT2D eigenvalue weighted by Crippen LogP contribution is 2.30. The van der Waals surface area contributed by atoms with Gasteiger partial charge in [-0.15, -0.1) is 0 Å². The van der Waals surface area contributed by atoms with E-state index in [-0.39, 0.29) is 9.92 Å². The number of benzene rings is 1. The molecule has 0 heterocycles. The van der Waals surface area contributed by atoms with E-state index in [4.69, 9.17) is 22.3 Å². The molecule has 0 unspecified atom stereocenters. The average Bonchev–Trinajstić information content (AvgIpc) is 1.94. The number of rotatable bonds is 1. The third-order valence-corrected chi connectivity index (χ3v) is 3.87. The maximum Gasteiger partial charge on any atom is 0.262 e. The van der Waals surface area contributed by atoms with E-state index in [0.717, 1.165) is 0 Å². The minimum absolute atomic E-state index is 0.0669. The Morgan fingerprint density at radius 3 is 2.38 bits per heavy atom. The van der Waals surface area contributed by atoms with Crippen molar-refractivity contribution in [3.05, 3.63) is 27.2 Å². The standard InChI is InChI=1S/C7H5BrCl2O2S/c1-4-2-5(8)3-6(7(4)9)13(10,11)12/h2-3H,1H3. The highest BCUT2D eigenvalue weighted by Gasteiger charge is 2.16. The zero-order valence-corrected chi connectivity index (χ0v) is 10.4. The molecule has 13 heavy (non-hydrogen) atoms. The Morgan fingerprint density at radius 1 is 1.38 bits per heavy atom. The van der Waals surface area contributed by atoms with Crippen LogP contribution in [-0.2, 0) is 9.05 Å². The Morgan fingerprint density at radius 2 is 1.92 bits per heavy atom. The summed E-state index contributed by atoms with van der Waals surface area (Å²) < 4.78 is 22.7. The van der Waals surface area contributed by atoms with E-state index in [9.17, 15) is 8.42 Å². The number of hydrogen-bond acceptors (Lipinski definition) is 2. The second-order valence-electron chi connectivity index (χ2n) is 2.47. The van der Waals surface area contributed by atoms with Gasteiger partial charge in [0, 0.05) is 15.2 Å². The highest BCUT2D eigenvalue weighted by molar-refractivity contribution is 9.10. The second-order valence-corrected chi connectivity index (χ2v) is 6.30. The van der Waals surface area contributed by atoms with Gasteiger partial charge in [0.05, 0.1) is 5.02 Å². The predicted octanol–water partition coefficient (Wildman–Crippen LogP) is 3.34. The summed E-state index contributed by atoms with van der Waals surface area (Å²) in [6, 6.07) is 3.09. The third-order valence-electron chi connectivity index (χ3n) is 1.45. The molecular formula is C7H5BrCl2O2S. The van der Waals surface area contributed by atoms with Crippen LogP contribution in [0.5, 0.6) is 0 Å². The van der Waals surface area contributed by atoms with E-state index in [1.165, 1.54) is 6.07 Å². The van der Waals surface area contributed by atoms with Crippen molar-refractivity contribution in [2.75, 3.05) is 0 Å². The molecule has 0 bridgehead atoms. The maximum absolute atomic E-state index is 11.0. The summed E-state index contributed by atoms with van der Waals surface area (Å²) in [5, 5.41) is 0.165. The molecule has 1 aromatic carbocycles. The van der Waals surface area contributed by atoms with Gasteiger partial charge in [0.25, 0.3) is 9.05 Å². The first-order chi connectivity index (χ1) is 5.82. The summed E-state index contributed by atoms with van der Waals surface area (Å²) >= 11 is 8.92. The molecule has 1 aromatic rings. The maximum atomic E-state index is 11.0. The van der Waals surface area contributed by atoms with E-state index in [1.807, 2.05) is 0 Å². The van der Waals surface area contributed by atoms with E-state index in [0.29, 0.717) is 10.0 Å². The zero-order valence-electron chi connectivity index (χ0n) is 6.51. The lowest BCUT2D eigenvalue weighted by Gasteiger charge is -2.04. The molecule has 0 saturated heterocycles. The quantitative estimate of drug-likeness (QED) is 0.746. The molecule has 72 valence electrons. The lowest BCUT2D eigenvalue weighted by Crippen LogP contribution is -1.93. The smallest absolute Gasteiger partial charge is 0.207 e. The van der Waals surface area contributed by atoms with Crippen LogP contribution in [0, 0.1) is 6.92 Å². The van der Waals surface area contributed by atoms with Gasteiger partial charge in [0.15, 0.2) is 0 Å². The lowest BCUT2D eigenvalue weighted by molar-refractivity contribution is 0.609. The molecule has 0 aromatic heterocycles. The fraction of sp³-hybridized carbons (Fsp3) is 0.143. The predicted molar refractivity (Wildman–Crippen MR) is 56.9 cm³/mol. The minimum Gasteiger partial charge on any atom is -0.207 e. The molecule has 0 saturated carbocycles. The third kappa shape index (κ3) is 2.59. The van der Waals surface area contributed by atoms with E-state index < -0.39 is 9.05 Å². The molecule has 0 radical (unpaired) electrons. The first kappa shape index (κ1) is 11.3. The summed E-state index contributed by atoms with van der Waals surface area (Å²) in [5.74, 6) is 0. The van der Waals surface area contributed by atoms with E-state index in [2.05, 4.69) is 15.9 Å². The van der Waals surface area contributed by atoms with Crippen molar-refractivity contribution in [1.29, 1.82) is 0 Å². The number of halogens is 3. The van der Waals surface area contributed by atoms with Gasteiger partial charge in [-0.3, -0.25) is 0 Å². The summed E-state index contributed by atoms with van der Waals surface area (Å²) in [5.41, 5.74) is 0.662. The summed E-state index contributed by atoms with van der Waals surface area (Å²) in [7, 11) is 1.41. The normalized spacial score (nSPS) is 11.7. The molecule has 2 nitrogen and oxygen atoms in total. The van der Waals surface area contributed by atoms with E-state index >= 15 is 0 Å². The Hall–Kier alpha value is 0.230. The van der Waals surface area contributed by atoms with Crippen LogP contribution in [0.25, 0.3) is 0 Å². The summed E-state index contributed by atoms with van der Waals surface area (Å²) in [6.07, 6.45) is 0. The van der Waals surface area contributed by atoms with E-state index in [1.54, 1.807) is 13.0 Å². The Balaban J connectivity index is 3.56. The van der Waals surface area contributed by atoms with Gasteiger partial charge < -0.3 is 0 Å². The van der Waals surface area contributed by atoms with Gasteiger partial charge in [0.1, 0.15) is 4.90 Å². The Kier molecular flexibility index (Phi) is 3.28. The largest absolute Gasteiger partial charge is 0.262 e. The fourth-order valence-corrected chi connectivity index (χ4v) is 3.14. The van der Waals surface area contributed by atoms with Crippen LogP contribution >= 0.6 is 38.2 Å². The van der Waals surface area contributed by atoms with Crippen LogP contribution in [-0.4, -0.2) is 8.42 Å². The van der Waals surface area contributed by atoms with Gasteiger partial charge in [-0.05, 0) is 24.6 Å². The molecule has 0 spiro atoms. The summed E-state index contributed by atoms with van der Waals surface area (Å²) in [4.78, 5) is -0.0669. The van der Waals surface area contributed by atoms with Crippen molar-refractivity contribution in [2.24, 2.45) is 0 Å². The lowest BCUT2D eigenvalue weighted by atomic mass is 10.2. The monoisotopic (exact) mass is 302 g/mol. The average molecular weight is 304 g/mol. The van der Waals surface area contributed by atoms with Gasteiger partial charge in [-0.1, -0.05) is 27.5 Å². The summed E-state index contributed by atoms with van der Waals surface area (Å²) in [6.45, 7) is 1.71. The van der Waals surface area contributed by atoms with Crippen molar-refractivity contribution in [3.8, 4) is 0 Å². The van der Waals surface area contributed by atoms with Crippen molar-refractivity contribution >= 4 is 47.3 Å². The van der Waals surface area contributed by atoms with Crippen molar-refractivity contribution in [2.45, 2.75) is 11.8 Å². The van der Waals surface area contributed by atoms with Crippen LogP contribution in [0.3, 0.4) is 0 Å². The SMILES string of the molecule is Cc1cc(Br)cc(S(=O)(=O)Cl)c1Cl. The molecule has 0 aliphatic rings. The molecule has 0 aliphatic carbocycles. The molecular weight excluding hydrogens is 299 g/mol. The van der Waals surface area contributed by atoms with Gasteiger partial charge in [0.2, 0.25) is 0 Å². The first-order valence-electron chi connectivity index (χ1n) is 3.22. The van der Waals surface area contributed by atoms with Gasteiger partial charge in [-0.2, -0.15) is 0 Å². The molecule has 0 fully saturated rings. The number of aryl methyl sites for hydroxylation is 1. The molecule has 6 heteroatoms. The zero-order chi connectivity index (χ0) is 10.2.